The molecule has 2 nitrogen and oxygen atoms in total. The van der Waals surface area contributed by atoms with Crippen molar-refractivity contribution in [3.63, 3.8) is 0 Å². The molecule has 1 fully saturated rings. The summed E-state index contributed by atoms with van der Waals surface area (Å²) >= 11 is 7.09. The summed E-state index contributed by atoms with van der Waals surface area (Å²) < 4.78 is 2.17. The average molecular weight is 376 g/mol. The van der Waals surface area contributed by atoms with Crippen LogP contribution < -0.4 is 5.73 Å². The van der Waals surface area contributed by atoms with Gasteiger partial charge in [-0.1, -0.05) is 6.07 Å². The van der Waals surface area contributed by atoms with Crippen LogP contribution in [-0.4, -0.2) is 23.0 Å². The third-order valence-electron chi connectivity index (χ3n) is 3.59. The minimum Gasteiger partial charge on any atom is -0.326 e. The summed E-state index contributed by atoms with van der Waals surface area (Å²) in [4.78, 5) is 2.51. The van der Waals surface area contributed by atoms with Gasteiger partial charge in [0.05, 0.1) is 6.04 Å². The first-order valence-electron chi connectivity index (χ1n) is 6.28. The van der Waals surface area contributed by atoms with Gasteiger partial charge >= 0.3 is 0 Å². The van der Waals surface area contributed by atoms with E-state index in [2.05, 4.69) is 75.7 Å². The lowest BCUT2D eigenvalue weighted by Gasteiger charge is -2.38. The van der Waals surface area contributed by atoms with E-state index in [-0.39, 0.29) is 11.6 Å². The van der Waals surface area contributed by atoms with Gasteiger partial charge in [0.15, 0.2) is 0 Å². The Bertz CT molecular complexity index is 440. The number of halogens is 2. The first-order valence-corrected chi connectivity index (χ1v) is 7.86. The zero-order valence-corrected chi connectivity index (χ0v) is 14.3. The van der Waals surface area contributed by atoms with Crippen LogP contribution >= 0.6 is 31.9 Å². The number of nitrogens with two attached hydrogens (primary N) is 1. The number of hydrogen-bond acceptors (Lipinski definition) is 2. The normalized spacial score (nSPS) is 25.7. The molecule has 2 N–H and O–H groups in total. The van der Waals surface area contributed by atoms with E-state index in [1.54, 1.807) is 0 Å². The molecule has 4 heteroatoms. The summed E-state index contributed by atoms with van der Waals surface area (Å²) in [6.07, 6.45) is 1.07. The summed E-state index contributed by atoms with van der Waals surface area (Å²) in [6, 6.07) is 6.97. The van der Waals surface area contributed by atoms with Gasteiger partial charge in [-0.05, 0) is 76.7 Å². The SMILES string of the molecule is CC(C)(C)N1CCC(N)C1c1ccc(Br)c(Br)c1. The van der Waals surface area contributed by atoms with E-state index in [1.807, 2.05) is 0 Å². The van der Waals surface area contributed by atoms with Crippen LogP contribution in [0.15, 0.2) is 27.1 Å². The highest BCUT2D eigenvalue weighted by atomic mass is 79.9. The lowest BCUT2D eigenvalue weighted by molar-refractivity contribution is 0.117. The van der Waals surface area contributed by atoms with Crippen molar-refractivity contribution in [1.82, 2.24) is 4.90 Å². The van der Waals surface area contributed by atoms with Gasteiger partial charge in [0.2, 0.25) is 0 Å². The highest BCUT2D eigenvalue weighted by Gasteiger charge is 2.38. The number of benzene rings is 1. The molecule has 18 heavy (non-hydrogen) atoms. The minimum atomic E-state index is 0.151. The third-order valence-corrected chi connectivity index (χ3v) is 5.47. The quantitative estimate of drug-likeness (QED) is 0.801. The van der Waals surface area contributed by atoms with Crippen LogP contribution in [0, 0.1) is 0 Å². The topological polar surface area (TPSA) is 29.3 Å². The summed E-state index contributed by atoms with van der Waals surface area (Å²) in [5.41, 5.74) is 7.76. The van der Waals surface area contributed by atoms with Crippen LogP contribution in [0.1, 0.15) is 38.8 Å². The molecule has 0 aromatic heterocycles. The molecule has 2 unspecified atom stereocenters. The molecule has 100 valence electrons. The molecule has 1 aliphatic rings. The van der Waals surface area contributed by atoms with Crippen LogP contribution in [0.25, 0.3) is 0 Å². The maximum Gasteiger partial charge on any atom is 0.0505 e. The van der Waals surface area contributed by atoms with Crippen molar-refractivity contribution < 1.29 is 0 Å². The van der Waals surface area contributed by atoms with Gasteiger partial charge in [-0.15, -0.1) is 0 Å². The highest BCUT2D eigenvalue weighted by Crippen LogP contribution is 2.38. The van der Waals surface area contributed by atoms with Crippen LogP contribution in [0.2, 0.25) is 0 Å². The molecule has 2 rings (SSSR count). The Balaban J connectivity index is 2.37. The number of likely N-dealkylation sites (tertiary alicyclic amines) is 1. The van der Waals surface area contributed by atoms with Gasteiger partial charge in [0.1, 0.15) is 0 Å². The molecule has 0 radical (unpaired) electrons. The average Bonchev–Trinajstić information content (AvgIpc) is 2.64. The Labute approximate surface area is 126 Å². The Hall–Kier alpha value is 0.1000. The molecule has 0 aliphatic carbocycles. The Morgan fingerprint density at radius 2 is 1.89 bits per heavy atom. The van der Waals surface area contributed by atoms with Crippen molar-refractivity contribution in [1.29, 1.82) is 0 Å². The summed E-state index contributed by atoms with van der Waals surface area (Å²) in [5.74, 6) is 0. The second kappa shape index (κ2) is 5.23. The second-order valence-corrected chi connectivity index (χ2v) is 7.64. The maximum atomic E-state index is 6.32. The predicted octanol–water partition coefficient (Wildman–Crippen LogP) is 4.08. The molecule has 0 amide bonds. The second-order valence-electron chi connectivity index (χ2n) is 5.94. The maximum absolute atomic E-state index is 6.32. The van der Waals surface area contributed by atoms with E-state index in [0.29, 0.717) is 6.04 Å². The number of rotatable bonds is 1. The molecule has 0 saturated carbocycles. The minimum absolute atomic E-state index is 0.151. The molecule has 2 atom stereocenters. The fourth-order valence-electron chi connectivity index (χ4n) is 2.69. The van der Waals surface area contributed by atoms with E-state index in [9.17, 15) is 0 Å². The third kappa shape index (κ3) is 2.82. The van der Waals surface area contributed by atoms with E-state index >= 15 is 0 Å². The van der Waals surface area contributed by atoms with Crippen molar-refractivity contribution in [3.05, 3.63) is 32.7 Å². The largest absolute Gasteiger partial charge is 0.326 e. The van der Waals surface area contributed by atoms with Crippen LogP contribution in [0.5, 0.6) is 0 Å². The lowest BCUT2D eigenvalue weighted by Crippen LogP contribution is -2.43. The fraction of sp³-hybridized carbons (Fsp3) is 0.571. The molecular weight excluding hydrogens is 356 g/mol. The molecule has 1 aromatic carbocycles. The molecule has 0 spiro atoms. The summed E-state index contributed by atoms with van der Waals surface area (Å²) in [5, 5.41) is 0. The monoisotopic (exact) mass is 374 g/mol. The smallest absolute Gasteiger partial charge is 0.0505 e. The summed E-state index contributed by atoms with van der Waals surface area (Å²) in [7, 11) is 0. The van der Waals surface area contributed by atoms with Crippen LogP contribution in [-0.2, 0) is 0 Å². The van der Waals surface area contributed by atoms with E-state index in [4.69, 9.17) is 5.73 Å². The number of nitrogens with zero attached hydrogens (tertiary/aromatic N) is 1. The van der Waals surface area contributed by atoms with Crippen LogP contribution in [0.4, 0.5) is 0 Å². The molecule has 1 aromatic rings. The lowest BCUT2D eigenvalue weighted by atomic mass is 9.97. The first-order chi connectivity index (χ1) is 8.30. The van der Waals surface area contributed by atoms with Crippen molar-refractivity contribution in [2.75, 3.05) is 6.54 Å². The van der Waals surface area contributed by atoms with E-state index < -0.39 is 0 Å². The van der Waals surface area contributed by atoms with Crippen molar-refractivity contribution >= 4 is 31.9 Å². The summed E-state index contributed by atoms with van der Waals surface area (Å²) in [6.45, 7) is 7.84. The zero-order chi connectivity index (χ0) is 13.5. The molecule has 0 bridgehead atoms. The van der Waals surface area contributed by atoms with Gasteiger partial charge < -0.3 is 5.73 Å². The number of hydrogen-bond donors (Lipinski definition) is 1. The highest BCUT2D eigenvalue weighted by molar-refractivity contribution is 9.13. The van der Waals surface area contributed by atoms with Gasteiger partial charge in [-0.3, -0.25) is 4.90 Å². The van der Waals surface area contributed by atoms with E-state index in [1.165, 1.54) is 5.56 Å². The first kappa shape index (κ1) is 14.5. The van der Waals surface area contributed by atoms with Crippen LogP contribution in [0.3, 0.4) is 0 Å². The Morgan fingerprint density at radius 1 is 1.22 bits per heavy atom. The predicted molar refractivity (Wildman–Crippen MR) is 83.6 cm³/mol. The fourth-order valence-corrected chi connectivity index (χ4v) is 3.34. The zero-order valence-electron chi connectivity index (χ0n) is 11.1. The van der Waals surface area contributed by atoms with Gasteiger partial charge in [-0.2, -0.15) is 0 Å². The molecule has 1 heterocycles. The van der Waals surface area contributed by atoms with E-state index in [0.717, 1.165) is 21.9 Å². The molecule has 1 aliphatic heterocycles. The van der Waals surface area contributed by atoms with Crippen molar-refractivity contribution in [2.45, 2.75) is 44.8 Å². The standard InChI is InChI=1S/C14H20Br2N2/c1-14(2,3)18-7-6-12(17)13(18)9-4-5-10(15)11(16)8-9/h4-5,8,12-13H,6-7,17H2,1-3H3. The van der Waals surface area contributed by atoms with Gasteiger partial charge in [-0.25, -0.2) is 0 Å². The van der Waals surface area contributed by atoms with Crippen molar-refractivity contribution in [3.8, 4) is 0 Å². The Kier molecular flexibility index (Phi) is 4.22. The van der Waals surface area contributed by atoms with Crippen molar-refractivity contribution in [2.24, 2.45) is 5.73 Å². The van der Waals surface area contributed by atoms with Gasteiger partial charge in [0.25, 0.3) is 0 Å². The van der Waals surface area contributed by atoms with Gasteiger partial charge in [0, 0.05) is 27.1 Å². The Morgan fingerprint density at radius 3 is 2.44 bits per heavy atom. The molecule has 1 saturated heterocycles. The molecular formula is C14H20Br2N2.